The van der Waals surface area contributed by atoms with Crippen LogP contribution >= 0.6 is 0 Å². The van der Waals surface area contributed by atoms with Crippen molar-refractivity contribution < 1.29 is 0 Å². The molecule has 21 heavy (non-hydrogen) atoms. The van der Waals surface area contributed by atoms with Crippen molar-refractivity contribution in [1.29, 1.82) is 5.26 Å². The largest absolute Gasteiger partial charge is 0.324 e. The highest BCUT2D eigenvalue weighted by Crippen LogP contribution is 2.23. The first kappa shape index (κ1) is 14.8. The quantitative estimate of drug-likeness (QED) is 0.849. The Balaban J connectivity index is 2.58. The van der Waals surface area contributed by atoms with E-state index in [0.717, 1.165) is 0 Å². The minimum atomic E-state index is -0.329. The predicted molar refractivity (Wildman–Crippen MR) is 82.7 cm³/mol. The minimum absolute atomic E-state index is 0.180. The standard InChI is InChI=1S/C16H18N4O/c1-16(2,3)20-10-9-18-14(15(20)21)19(4)13-8-6-5-7-12(13)11-17/h5-10H,1-4H3. The number of anilines is 2. The zero-order valence-electron chi connectivity index (χ0n) is 12.7. The molecule has 0 bridgehead atoms. The third-order valence-corrected chi connectivity index (χ3v) is 3.25. The van der Waals surface area contributed by atoms with Crippen LogP contribution in [0.5, 0.6) is 0 Å². The number of hydrogen-bond donors (Lipinski definition) is 0. The van der Waals surface area contributed by atoms with Gasteiger partial charge in [-0.15, -0.1) is 0 Å². The molecule has 2 rings (SSSR count). The van der Waals surface area contributed by atoms with Gasteiger partial charge in [-0.05, 0) is 32.9 Å². The maximum Gasteiger partial charge on any atom is 0.294 e. The van der Waals surface area contributed by atoms with E-state index in [9.17, 15) is 10.1 Å². The number of benzene rings is 1. The number of para-hydroxylation sites is 1. The van der Waals surface area contributed by atoms with Gasteiger partial charge < -0.3 is 9.47 Å². The van der Waals surface area contributed by atoms with E-state index < -0.39 is 0 Å². The van der Waals surface area contributed by atoms with Gasteiger partial charge in [0.05, 0.1) is 11.3 Å². The van der Waals surface area contributed by atoms with Gasteiger partial charge in [-0.1, -0.05) is 12.1 Å². The van der Waals surface area contributed by atoms with Crippen LogP contribution in [-0.4, -0.2) is 16.6 Å². The van der Waals surface area contributed by atoms with Crippen molar-refractivity contribution in [3.05, 3.63) is 52.6 Å². The van der Waals surface area contributed by atoms with Crippen molar-refractivity contribution in [2.75, 3.05) is 11.9 Å². The smallest absolute Gasteiger partial charge is 0.294 e. The average Bonchev–Trinajstić information content (AvgIpc) is 2.45. The van der Waals surface area contributed by atoms with Crippen LogP contribution in [0.3, 0.4) is 0 Å². The van der Waals surface area contributed by atoms with E-state index in [1.54, 1.807) is 47.1 Å². The third-order valence-electron chi connectivity index (χ3n) is 3.25. The van der Waals surface area contributed by atoms with E-state index in [1.165, 1.54) is 0 Å². The summed E-state index contributed by atoms with van der Waals surface area (Å²) in [5.41, 5.74) is 0.661. The van der Waals surface area contributed by atoms with Crippen molar-refractivity contribution in [3.63, 3.8) is 0 Å². The topological polar surface area (TPSA) is 61.9 Å². The Kier molecular flexibility index (Phi) is 3.81. The van der Waals surface area contributed by atoms with Crippen LogP contribution < -0.4 is 10.5 Å². The Morgan fingerprint density at radius 1 is 1.29 bits per heavy atom. The molecule has 1 aromatic heterocycles. The summed E-state index contributed by atoms with van der Waals surface area (Å²) in [6.45, 7) is 5.88. The van der Waals surface area contributed by atoms with E-state index in [4.69, 9.17) is 0 Å². The zero-order chi connectivity index (χ0) is 15.6. The van der Waals surface area contributed by atoms with Gasteiger partial charge >= 0.3 is 0 Å². The van der Waals surface area contributed by atoms with Crippen LogP contribution in [-0.2, 0) is 5.54 Å². The second-order valence-electron chi connectivity index (χ2n) is 5.78. The van der Waals surface area contributed by atoms with Gasteiger partial charge in [0.25, 0.3) is 5.56 Å². The Labute approximate surface area is 124 Å². The van der Waals surface area contributed by atoms with Crippen LogP contribution in [0, 0.1) is 11.3 Å². The highest BCUT2D eigenvalue weighted by atomic mass is 16.1. The first-order chi connectivity index (χ1) is 9.86. The highest BCUT2D eigenvalue weighted by Gasteiger charge is 2.20. The van der Waals surface area contributed by atoms with Crippen molar-refractivity contribution in [2.45, 2.75) is 26.3 Å². The number of nitrogens with zero attached hydrogens (tertiary/aromatic N) is 4. The monoisotopic (exact) mass is 282 g/mol. The Hall–Kier alpha value is -2.61. The molecule has 0 aliphatic heterocycles. The number of aromatic nitrogens is 2. The summed E-state index contributed by atoms with van der Waals surface area (Å²) in [5, 5.41) is 9.19. The van der Waals surface area contributed by atoms with Gasteiger partial charge in [-0.25, -0.2) is 4.98 Å². The van der Waals surface area contributed by atoms with Gasteiger partial charge in [-0.3, -0.25) is 4.79 Å². The lowest BCUT2D eigenvalue weighted by atomic mass is 10.1. The molecule has 0 saturated carbocycles. The SMILES string of the molecule is CN(c1ccccc1C#N)c1nccn(C(C)(C)C)c1=O. The van der Waals surface area contributed by atoms with Crippen LogP contribution in [0.15, 0.2) is 41.5 Å². The first-order valence-electron chi connectivity index (χ1n) is 6.67. The molecule has 1 aromatic carbocycles. The molecule has 5 nitrogen and oxygen atoms in total. The summed E-state index contributed by atoms with van der Waals surface area (Å²) in [6.07, 6.45) is 3.28. The number of nitriles is 1. The van der Waals surface area contributed by atoms with Gasteiger partial charge in [-0.2, -0.15) is 5.26 Å². The number of hydrogen-bond acceptors (Lipinski definition) is 4. The van der Waals surface area contributed by atoms with Crippen molar-refractivity contribution in [1.82, 2.24) is 9.55 Å². The van der Waals surface area contributed by atoms with E-state index in [2.05, 4.69) is 11.1 Å². The molecule has 1 heterocycles. The highest BCUT2D eigenvalue weighted by molar-refractivity contribution is 5.66. The molecule has 0 unspecified atom stereocenters. The van der Waals surface area contributed by atoms with Crippen LogP contribution in [0.2, 0.25) is 0 Å². The summed E-state index contributed by atoms with van der Waals surface area (Å²) < 4.78 is 1.64. The molecule has 0 radical (unpaired) electrons. The predicted octanol–water partition coefficient (Wildman–Crippen LogP) is 2.64. The third kappa shape index (κ3) is 2.79. The van der Waals surface area contributed by atoms with Crippen LogP contribution in [0.4, 0.5) is 11.5 Å². The number of rotatable bonds is 2. The molecule has 0 aliphatic carbocycles. The summed E-state index contributed by atoms with van der Waals surface area (Å²) in [7, 11) is 1.74. The molecule has 108 valence electrons. The van der Waals surface area contributed by atoms with Gasteiger partial charge in [0.1, 0.15) is 6.07 Å². The molecule has 0 atom stereocenters. The minimum Gasteiger partial charge on any atom is -0.324 e. The van der Waals surface area contributed by atoms with Gasteiger partial charge in [0.2, 0.25) is 0 Å². The van der Waals surface area contributed by atoms with E-state index >= 15 is 0 Å². The Morgan fingerprint density at radius 3 is 2.57 bits per heavy atom. The summed E-state index contributed by atoms with van der Waals surface area (Å²) in [4.78, 5) is 18.4. The zero-order valence-corrected chi connectivity index (χ0v) is 12.7. The Bertz CT molecular complexity index is 750. The normalized spacial score (nSPS) is 11.0. The van der Waals surface area contributed by atoms with Crippen LogP contribution in [0.25, 0.3) is 0 Å². The average molecular weight is 282 g/mol. The van der Waals surface area contributed by atoms with Crippen molar-refractivity contribution >= 4 is 11.5 Å². The molecule has 5 heteroatoms. The lowest BCUT2D eigenvalue weighted by molar-refractivity contribution is 0.383. The molecule has 0 spiro atoms. The molecule has 0 N–H and O–H groups in total. The van der Waals surface area contributed by atoms with E-state index in [-0.39, 0.29) is 11.1 Å². The molecule has 0 aliphatic rings. The van der Waals surface area contributed by atoms with Gasteiger partial charge in [0, 0.05) is 25.0 Å². The molecule has 0 amide bonds. The second kappa shape index (κ2) is 5.41. The summed E-state index contributed by atoms with van der Waals surface area (Å²) >= 11 is 0. The van der Waals surface area contributed by atoms with Crippen LogP contribution in [0.1, 0.15) is 26.3 Å². The maximum atomic E-state index is 12.6. The summed E-state index contributed by atoms with van der Waals surface area (Å²) in [6, 6.07) is 9.28. The second-order valence-corrected chi connectivity index (χ2v) is 5.78. The molecular weight excluding hydrogens is 264 g/mol. The van der Waals surface area contributed by atoms with Crippen molar-refractivity contribution in [3.8, 4) is 6.07 Å². The maximum absolute atomic E-state index is 12.6. The fraction of sp³-hybridized carbons (Fsp3) is 0.312. The van der Waals surface area contributed by atoms with E-state index in [0.29, 0.717) is 17.1 Å². The molecule has 0 saturated heterocycles. The fourth-order valence-electron chi connectivity index (χ4n) is 2.13. The first-order valence-corrected chi connectivity index (χ1v) is 6.67. The van der Waals surface area contributed by atoms with Crippen molar-refractivity contribution in [2.24, 2.45) is 0 Å². The molecule has 0 fully saturated rings. The molecular formula is C16H18N4O. The lowest BCUT2D eigenvalue weighted by Crippen LogP contribution is -2.36. The summed E-state index contributed by atoms with van der Waals surface area (Å²) in [5.74, 6) is 0.301. The van der Waals surface area contributed by atoms with Gasteiger partial charge in [0.15, 0.2) is 5.82 Å². The Morgan fingerprint density at radius 2 is 1.95 bits per heavy atom. The lowest BCUT2D eigenvalue weighted by Gasteiger charge is -2.25. The molecule has 2 aromatic rings. The van der Waals surface area contributed by atoms with E-state index in [1.807, 2.05) is 26.8 Å². The fourth-order valence-corrected chi connectivity index (χ4v) is 2.13.